The van der Waals surface area contributed by atoms with Gasteiger partial charge in [-0.15, -0.1) is 11.8 Å². The zero-order valence-corrected chi connectivity index (χ0v) is 11.0. The highest BCUT2D eigenvalue weighted by Gasteiger charge is 2.25. The van der Waals surface area contributed by atoms with Gasteiger partial charge in [0.05, 0.1) is 11.5 Å². The molecule has 1 fully saturated rings. The van der Waals surface area contributed by atoms with Crippen molar-refractivity contribution in [2.75, 3.05) is 20.3 Å². The number of nitrogens with zero attached hydrogens (tertiary/aromatic N) is 1. The number of nitro groups is 1. The molecule has 1 aromatic carbocycles. The minimum atomic E-state index is -0.380. The van der Waals surface area contributed by atoms with Crippen LogP contribution >= 0.6 is 11.8 Å². The van der Waals surface area contributed by atoms with Gasteiger partial charge in [-0.1, -0.05) is 0 Å². The van der Waals surface area contributed by atoms with Crippen LogP contribution in [0.15, 0.2) is 29.2 Å². The van der Waals surface area contributed by atoms with Crippen molar-refractivity contribution in [2.45, 2.75) is 22.6 Å². The van der Waals surface area contributed by atoms with Gasteiger partial charge >= 0.3 is 0 Å². The second-order valence-electron chi connectivity index (χ2n) is 4.17. The maximum absolute atomic E-state index is 10.6. The van der Waals surface area contributed by atoms with Crippen LogP contribution in [0.3, 0.4) is 0 Å². The van der Waals surface area contributed by atoms with E-state index in [1.165, 1.54) is 0 Å². The molecule has 2 rings (SSSR count). The number of non-ortho nitro benzene ring substituents is 1. The average Bonchev–Trinajstić information content (AvgIpc) is 2.40. The van der Waals surface area contributed by atoms with Crippen molar-refractivity contribution in [2.24, 2.45) is 0 Å². The molecule has 5 nitrogen and oxygen atoms in total. The SMILES string of the molecule is CNC1CCOCC1Sc1ccc([N+](=O)[O-])cc1. The van der Waals surface area contributed by atoms with E-state index in [9.17, 15) is 10.1 Å². The molecule has 1 N–H and O–H groups in total. The lowest BCUT2D eigenvalue weighted by molar-refractivity contribution is -0.384. The Morgan fingerprint density at radius 2 is 2.17 bits per heavy atom. The Balaban J connectivity index is 2.01. The van der Waals surface area contributed by atoms with E-state index in [2.05, 4.69) is 5.32 Å². The van der Waals surface area contributed by atoms with Gasteiger partial charge < -0.3 is 10.1 Å². The van der Waals surface area contributed by atoms with Gasteiger partial charge in [-0.25, -0.2) is 0 Å². The van der Waals surface area contributed by atoms with Crippen molar-refractivity contribution in [3.63, 3.8) is 0 Å². The summed E-state index contributed by atoms with van der Waals surface area (Å²) in [7, 11) is 1.96. The number of ether oxygens (including phenoxy) is 1. The molecular formula is C12H16N2O3S. The fourth-order valence-electron chi connectivity index (χ4n) is 1.98. The second kappa shape index (κ2) is 6.17. The molecule has 0 spiro atoms. The number of hydrogen-bond donors (Lipinski definition) is 1. The Labute approximate surface area is 110 Å². The predicted octanol–water partition coefficient (Wildman–Crippen LogP) is 2.06. The monoisotopic (exact) mass is 268 g/mol. The number of benzene rings is 1. The zero-order chi connectivity index (χ0) is 13.0. The van der Waals surface area contributed by atoms with Gasteiger partial charge in [-0.2, -0.15) is 0 Å². The molecule has 0 saturated carbocycles. The molecule has 2 atom stereocenters. The van der Waals surface area contributed by atoms with Gasteiger partial charge in [-0.05, 0) is 25.6 Å². The molecule has 1 saturated heterocycles. The van der Waals surface area contributed by atoms with E-state index in [0.29, 0.717) is 17.9 Å². The third kappa shape index (κ3) is 3.22. The van der Waals surface area contributed by atoms with Crippen molar-refractivity contribution in [3.05, 3.63) is 34.4 Å². The summed E-state index contributed by atoms with van der Waals surface area (Å²) in [5, 5.41) is 14.2. The topological polar surface area (TPSA) is 64.4 Å². The molecule has 1 heterocycles. The van der Waals surface area contributed by atoms with E-state index in [1.54, 1.807) is 36.0 Å². The molecule has 0 aliphatic carbocycles. The highest BCUT2D eigenvalue weighted by atomic mass is 32.2. The summed E-state index contributed by atoms with van der Waals surface area (Å²) >= 11 is 1.71. The largest absolute Gasteiger partial charge is 0.380 e. The first-order chi connectivity index (χ1) is 8.70. The van der Waals surface area contributed by atoms with Gasteiger partial charge in [-0.3, -0.25) is 10.1 Å². The Morgan fingerprint density at radius 3 is 2.78 bits per heavy atom. The Hall–Kier alpha value is -1.11. The summed E-state index contributed by atoms with van der Waals surface area (Å²) in [6.07, 6.45) is 1.00. The summed E-state index contributed by atoms with van der Waals surface area (Å²) < 4.78 is 5.48. The van der Waals surface area contributed by atoms with Crippen LogP contribution in [0.2, 0.25) is 0 Å². The summed E-state index contributed by atoms with van der Waals surface area (Å²) in [6, 6.07) is 7.11. The fourth-order valence-corrected chi connectivity index (χ4v) is 3.22. The first-order valence-electron chi connectivity index (χ1n) is 5.87. The van der Waals surface area contributed by atoms with Crippen molar-refractivity contribution in [1.82, 2.24) is 5.32 Å². The van der Waals surface area contributed by atoms with Gasteiger partial charge in [0.25, 0.3) is 5.69 Å². The lowest BCUT2D eigenvalue weighted by Gasteiger charge is -2.30. The van der Waals surface area contributed by atoms with Gasteiger partial charge in [0.15, 0.2) is 0 Å². The van der Waals surface area contributed by atoms with Crippen molar-refractivity contribution >= 4 is 17.4 Å². The smallest absolute Gasteiger partial charge is 0.269 e. The molecule has 0 bridgehead atoms. The minimum Gasteiger partial charge on any atom is -0.380 e. The number of rotatable bonds is 4. The van der Waals surface area contributed by atoms with E-state index in [0.717, 1.165) is 17.9 Å². The highest BCUT2D eigenvalue weighted by Crippen LogP contribution is 2.30. The third-order valence-corrected chi connectivity index (χ3v) is 4.32. The normalized spacial score (nSPS) is 23.8. The molecule has 2 unspecified atom stereocenters. The summed E-state index contributed by atoms with van der Waals surface area (Å²) in [4.78, 5) is 11.2. The molecular weight excluding hydrogens is 252 g/mol. The van der Waals surface area contributed by atoms with E-state index in [4.69, 9.17) is 4.74 Å². The number of nitro benzene ring substituents is 1. The van der Waals surface area contributed by atoms with E-state index < -0.39 is 0 Å². The van der Waals surface area contributed by atoms with Crippen LogP contribution in [0.5, 0.6) is 0 Å². The zero-order valence-electron chi connectivity index (χ0n) is 10.2. The molecule has 18 heavy (non-hydrogen) atoms. The lowest BCUT2D eigenvalue weighted by atomic mass is 10.1. The molecule has 98 valence electrons. The number of thioether (sulfide) groups is 1. The summed E-state index contributed by atoms with van der Waals surface area (Å²) in [6.45, 7) is 1.51. The standard InChI is InChI=1S/C12H16N2O3S/c1-13-11-6-7-17-8-12(11)18-10-4-2-9(3-5-10)14(15)16/h2-5,11-13H,6-8H2,1H3. The van der Waals surface area contributed by atoms with Crippen molar-refractivity contribution in [1.29, 1.82) is 0 Å². The van der Waals surface area contributed by atoms with Crippen LogP contribution < -0.4 is 5.32 Å². The first-order valence-corrected chi connectivity index (χ1v) is 6.75. The van der Waals surface area contributed by atoms with Crippen molar-refractivity contribution < 1.29 is 9.66 Å². The molecule has 1 aromatic rings. The van der Waals surface area contributed by atoms with Gasteiger partial charge in [0.1, 0.15) is 0 Å². The lowest BCUT2D eigenvalue weighted by Crippen LogP contribution is -2.43. The molecule has 0 amide bonds. The second-order valence-corrected chi connectivity index (χ2v) is 5.48. The van der Waals surface area contributed by atoms with Crippen LogP contribution in [-0.2, 0) is 4.74 Å². The Kier molecular flexibility index (Phi) is 4.57. The average molecular weight is 268 g/mol. The molecule has 1 aliphatic heterocycles. The summed E-state index contributed by atoms with van der Waals surface area (Å²) in [5.41, 5.74) is 0.129. The van der Waals surface area contributed by atoms with E-state index in [1.807, 2.05) is 7.05 Å². The van der Waals surface area contributed by atoms with Crippen LogP contribution in [0.25, 0.3) is 0 Å². The molecule has 1 aliphatic rings. The number of hydrogen-bond acceptors (Lipinski definition) is 5. The van der Waals surface area contributed by atoms with Gasteiger partial charge in [0.2, 0.25) is 0 Å². The fraction of sp³-hybridized carbons (Fsp3) is 0.500. The van der Waals surface area contributed by atoms with Crippen molar-refractivity contribution in [3.8, 4) is 0 Å². The Bertz CT molecular complexity index is 410. The third-order valence-electron chi connectivity index (χ3n) is 3.01. The van der Waals surface area contributed by atoms with Gasteiger partial charge in [0, 0.05) is 34.9 Å². The van der Waals surface area contributed by atoms with Crippen LogP contribution in [0, 0.1) is 10.1 Å². The highest BCUT2D eigenvalue weighted by molar-refractivity contribution is 8.00. The molecule has 0 aromatic heterocycles. The predicted molar refractivity (Wildman–Crippen MR) is 71.0 cm³/mol. The maximum atomic E-state index is 10.6. The summed E-state index contributed by atoms with van der Waals surface area (Å²) in [5.74, 6) is 0. The first kappa shape index (κ1) is 13.3. The Morgan fingerprint density at radius 1 is 1.44 bits per heavy atom. The van der Waals surface area contributed by atoms with Crippen LogP contribution in [0.1, 0.15) is 6.42 Å². The maximum Gasteiger partial charge on any atom is 0.269 e. The quantitative estimate of drug-likeness (QED) is 0.669. The van der Waals surface area contributed by atoms with Crippen LogP contribution in [0.4, 0.5) is 5.69 Å². The minimum absolute atomic E-state index is 0.129. The molecule has 0 radical (unpaired) electrons. The van der Waals surface area contributed by atoms with E-state index >= 15 is 0 Å². The van der Waals surface area contributed by atoms with E-state index in [-0.39, 0.29) is 10.6 Å². The molecule has 6 heteroatoms. The van der Waals surface area contributed by atoms with Crippen LogP contribution in [-0.4, -0.2) is 36.5 Å². The number of nitrogens with one attached hydrogen (secondary N) is 1.